The summed E-state index contributed by atoms with van der Waals surface area (Å²) < 4.78 is 19.0. The summed E-state index contributed by atoms with van der Waals surface area (Å²) in [6.07, 6.45) is 0.441. The maximum absolute atomic E-state index is 14.0. The molecule has 1 aliphatic heterocycles. The van der Waals surface area contributed by atoms with Gasteiger partial charge in [-0.3, -0.25) is 0 Å². The summed E-state index contributed by atoms with van der Waals surface area (Å²) in [4.78, 5) is 0. The lowest BCUT2D eigenvalue weighted by atomic mass is 9.95. The number of hydrogen-bond donors (Lipinski definition) is 1. The second-order valence-corrected chi connectivity index (χ2v) is 3.39. The van der Waals surface area contributed by atoms with E-state index >= 15 is 0 Å². The first-order valence-electron chi connectivity index (χ1n) is 4.33. The molecular weight excluding hydrogens is 169 g/mol. The molecule has 2 N–H and O–H groups in total. The number of hydrogen-bond acceptors (Lipinski definition) is 2. The van der Waals surface area contributed by atoms with Crippen LogP contribution in [-0.4, -0.2) is 13.2 Å². The average molecular weight is 181 g/mol. The van der Waals surface area contributed by atoms with Gasteiger partial charge in [0.1, 0.15) is 0 Å². The number of nitrogen functional groups attached to an aromatic ring is 1. The Balaban J connectivity index is 2.29. The van der Waals surface area contributed by atoms with Crippen molar-refractivity contribution in [3.63, 3.8) is 0 Å². The minimum Gasteiger partial charge on any atom is -0.399 e. The maximum Gasteiger partial charge on any atom is 0.161 e. The molecule has 0 radical (unpaired) electrons. The Hall–Kier alpha value is -1.09. The summed E-state index contributed by atoms with van der Waals surface area (Å²) >= 11 is 0. The zero-order valence-electron chi connectivity index (χ0n) is 7.29. The molecule has 0 saturated carbocycles. The predicted molar refractivity (Wildman–Crippen MR) is 49.1 cm³/mol. The Morgan fingerprint density at radius 3 is 2.54 bits per heavy atom. The highest BCUT2D eigenvalue weighted by Gasteiger charge is 2.36. The van der Waals surface area contributed by atoms with Crippen molar-refractivity contribution in [2.45, 2.75) is 12.1 Å². The molecule has 2 nitrogen and oxygen atoms in total. The van der Waals surface area contributed by atoms with Crippen molar-refractivity contribution in [2.75, 3.05) is 18.9 Å². The Morgan fingerprint density at radius 2 is 2.00 bits per heavy atom. The first kappa shape index (κ1) is 8.51. The van der Waals surface area contributed by atoms with E-state index in [-0.39, 0.29) is 6.61 Å². The molecule has 1 fully saturated rings. The molecule has 0 amide bonds. The van der Waals surface area contributed by atoms with Crippen LogP contribution in [0.4, 0.5) is 10.1 Å². The molecule has 1 saturated heterocycles. The molecule has 70 valence electrons. The Morgan fingerprint density at radius 1 is 1.31 bits per heavy atom. The quantitative estimate of drug-likeness (QED) is 0.671. The van der Waals surface area contributed by atoms with Gasteiger partial charge in [0.25, 0.3) is 0 Å². The van der Waals surface area contributed by atoms with Gasteiger partial charge >= 0.3 is 0 Å². The molecule has 1 atom stereocenters. The fourth-order valence-corrected chi connectivity index (χ4v) is 1.55. The fourth-order valence-electron chi connectivity index (χ4n) is 1.55. The molecule has 13 heavy (non-hydrogen) atoms. The highest BCUT2D eigenvalue weighted by Crippen LogP contribution is 2.34. The normalized spacial score (nSPS) is 27.8. The smallest absolute Gasteiger partial charge is 0.161 e. The summed E-state index contributed by atoms with van der Waals surface area (Å²) in [6.45, 7) is 0.664. The van der Waals surface area contributed by atoms with E-state index in [2.05, 4.69) is 0 Å². The first-order chi connectivity index (χ1) is 6.21. The summed E-state index contributed by atoms with van der Waals surface area (Å²) in [5.74, 6) is 0. The van der Waals surface area contributed by atoms with Crippen LogP contribution >= 0.6 is 0 Å². The van der Waals surface area contributed by atoms with Gasteiger partial charge in [-0.2, -0.15) is 0 Å². The minimum atomic E-state index is -1.30. The number of rotatable bonds is 1. The third-order valence-electron chi connectivity index (χ3n) is 2.40. The number of alkyl halides is 1. The second kappa shape index (κ2) is 3.00. The van der Waals surface area contributed by atoms with Crippen molar-refractivity contribution in [3.05, 3.63) is 29.8 Å². The molecule has 1 unspecified atom stereocenters. The van der Waals surface area contributed by atoms with E-state index in [1.165, 1.54) is 0 Å². The SMILES string of the molecule is Nc1ccc(C2(F)CCOC2)cc1. The van der Waals surface area contributed by atoms with Gasteiger partial charge in [-0.1, -0.05) is 12.1 Å². The van der Waals surface area contributed by atoms with Crippen molar-refractivity contribution < 1.29 is 9.13 Å². The van der Waals surface area contributed by atoms with E-state index in [0.29, 0.717) is 24.3 Å². The Kier molecular flexibility index (Phi) is 1.96. The van der Waals surface area contributed by atoms with E-state index in [9.17, 15) is 4.39 Å². The molecule has 0 aliphatic carbocycles. The molecule has 2 rings (SSSR count). The minimum absolute atomic E-state index is 0.164. The van der Waals surface area contributed by atoms with E-state index in [0.717, 1.165) is 0 Å². The number of halogens is 1. The van der Waals surface area contributed by atoms with Gasteiger partial charge in [0.05, 0.1) is 13.2 Å². The Bertz CT molecular complexity index is 290. The van der Waals surface area contributed by atoms with Crippen LogP contribution in [0.5, 0.6) is 0 Å². The highest BCUT2D eigenvalue weighted by atomic mass is 19.1. The van der Waals surface area contributed by atoms with E-state index in [1.807, 2.05) is 0 Å². The molecule has 3 heteroatoms. The van der Waals surface area contributed by atoms with Crippen molar-refractivity contribution in [1.29, 1.82) is 0 Å². The van der Waals surface area contributed by atoms with Crippen molar-refractivity contribution in [3.8, 4) is 0 Å². The van der Waals surface area contributed by atoms with Crippen LogP contribution < -0.4 is 5.73 Å². The van der Waals surface area contributed by atoms with Crippen LogP contribution in [0.25, 0.3) is 0 Å². The molecule has 0 spiro atoms. The molecule has 1 aliphatic rings. The van der Waals surface area contributed by atoms with Crippen LogP contribution in [-0.2, 0) is 10.4 Å². The maximum atomic E-state index is 14.0. The summed E-state index contributed by atoms with van der Waals surface area (Å²) in [5, 5.41) is 0. The van der Waals surface area contributed by atoms with E-state index in [4.69, 9.17) is 10.5 Å². The van der Waals surface area contributed by atoms with Crippen LogP contribution in [0.1, 0.15) is 12.0 Å². The molecule has 1 aromatic rings. The second-order valence-electron chi connectivity index (χ2n) is 3.39. The lowest BCUT2D eigenvalue weighted by molar-refractivity contribution is 0.112. The summed E-state index contributed by atoms with van der Waals surface area (Å²) in [7, 11) is 0. The molecular formula is C10H12FNO. The highest BCUT2D eigenvalue weighted by molar-refractivity contribution is 5.41. The first-order valence-corrected chi connectivity index (χ1v) is 4.33. The van der Waals surface area contributed by atoms with E-state index in [1.54, 1.807) is 24.3 Å². The summed E-state index contributed by atoms with van der Waals surface area (Å²) in [5.41, 5.74) is 5.54. The third kappa shape index (κ3) is 1.52. The van der Waals surface area contributed by atoms with Gasteiger partial charge in [0.15, 0.2) is 5.67 Å². The molecule has 0 bridgehead atoms. The third-order valence-corrected chi connectivity index (χ3v) is 2.40. The van der Waals surface area contributed by atoms with Crippen LogP contribution in [0.3, 0.4) is 0 Å². The van der Waals surface area contributed by atoms with Crippen LogP contribution in [0, 0.1) is 0 Å². The number of anilines is 1. The van der Waals surface area contributed by atoms with Gasteiger partial charge in [0, 0.05) is 12.1 Å². The summed E-state index contributed by atoms with van der Waals surface area (Å²) in [6, 6.07) is 6.89. The van der Waals surface area contributed by atoms with E-state index < -0.39 is 5.67 Å². The van der Waals surface area contributed by atoms with Gasteiger partial charge in [-0.15, -0.1) is 0 Å². The van der Waals surface area contributed by atoms with Crippen LogP contribution in [0.2, 0.25) is 0 Å². The fraction of sp³-hybridized carbons (Fsp3) is 0.400. The van der Waals surface area contributed by atoms with Crippen LogP contribution in [0.15, 0.2) is 24.3 Å². The van der Waals surface area contributed by atoms with Crippen molar-refractivity contribution in [2.24, 2.45) is 0 Å². The van der Waals surface area contributed by atoms with Gasteiger partial charge < -0.3 is 10.5 Å². The van der Waals surface area contributed by atoms with Gasteiger partial charge in [0.2, 0.25) is 0 Å². The predicted octanol–water partition coefficient (Wildman–Crippen LogP) is 1.85. The molecule has 1 heterocycles. The largest absolute Gasteiger partial charge is 0.399 e. The topological polar surface area (TPSA) is 35.2 Å². The van der Waals surface area contributed by atoms with Crippen molar-refractivity contribution >= 4 is 5.69 Å². The zero-order chi connectivity index (χ0) is 9.31. The zero-order valence-corrected chi connectivity index (χ0v) is 7.29. The number of nitrogens with two attached hydrogens (primary N) is 1. The molecule has 1 aromatic carbocycles. The monoisotopic (exact) mass is 181 g/mol. The number of benzene rings is 1. The van der Waals surface area contributed by atoms with Gasteiger partial charge in [-0.25, -0.2) is 4.39 Å². The number of ether oxygens (including phenoxy) is 1. The molecule has 0 aromatic heterocycles. The van der Waals surface area contributed by atoms with Crippen molar-refractivity contribution in [1.82, 2.24) is 0 Å². The lowest BCUT2D eigenvalue weighted by Gasteiger charge is -2.17. The standard InChI is InChI=1S/C10H12FNO/c11-10(5-6-13-7-10)8-1-3-9(12)4-2-8/h1-4H,5-7,12H2. The lowest BCUT2D eigenvalue weighted by Crippen LogP contribution is -2.19. The van der Waals surface area contributed by atoms with Gasteiger partial charge in [-0.05, 0) is 17.7 Å². The average Bonchev–Trinajstić information content (AvgIpc) is 2.54. The Labute approximate surface area is 76.5 Å².